The van der Waals surface area contributed by atoms with Gasteiger partial charge in [-0.3, -0.25) is 0 Å². The van der Waals surface area contributed by atoms with Crippen molar-refractivity contribution in [2.45, 2.75) is 25.1 Å². The Morgan fingerprint density at radius 2 is 1.83 bits per heavy atom. The summed E-state index contributed by atoms with van der Waals surface area (Å²) in [5.41, 5.74) is 0. The summed E-state index contributed by atoms with van der Waals surface area (Å²) >= 11 is 3.37. The van der Waals surface area contributed by atoms with E-state index >= 15 is 0 Å². The zero-order valence-electron chi connectivity index (χ0n) is 3.66. The Hall–Kier alpha value is 0.697. The van der Waals surface area contributed by atoms with Gasteiger partial charge in [0.05, 0.1) is 0 Å². The SMILES string of the molecule is CCC(C)Br.[SiH4]. The van der Waals surface area contributed by atoms with Crippen molar-refractivity contribution in [3.8, 4) is 0 Å². The van der Waals surface area contributed by atoms with Crippen molar-refractivity contribution in [3.05, 3.63) is 0 Å². The molecule has 0 radical (unpaired) electrons. The molecule has 0 nitrogen and oxygen atoms in total. The summed E-state index contributed by atoms with van der Waals surface area (Å²) in [6, 6.07) is 0. The van der Waals surface area contributed by atoms with E-state index in [0.717, 1.165) is 0 Å². The number of hydrogen-bond acceptors (Lipinski definition) is 0. The van der Waals surface area contributed by atoms with E-state index in [-0.39, 0.29) is 11.0 Å². The summed E-state index contributed by atoms with van der Waals surface area (Å²) < 4.78 is 0. The molecule has 0 aromatic rings. The fourth-order valence-corrected chi connectivity index (χ4v) is 0. The van der Waals surface area contributed by atoms with Gasteiger partial charge in [-0.15, -0.1) is 0 Å². The van der Waals surface area contributed by atoms with Crippen molar-refractivity contribution in [1.29, 1.82) is 0 Å². The first-order chi connectivity index (χ1) is 2.27. The van der Waals surface area contributed by atoms with Gasteiger partial charge in [0.1, 0.15) is 0 Å². The maximum absolute atomic E-state index is 3.37. The molecule has 6 heavy (non-hydrogen) atoms. The van der Waals surface area contributed by atoms with Gasteiger partial charge in [0.15, 0.2) is 0 Å². The van der Waals surface area contributed by atoms with Crippen LogP contribution in [-0.2, 0) is 0 Å². The van der Waals surface area contributed by atoms with Gasteiger partial charge >= 0.3 is 0 Å². The molecule has 0 aromatic carbocycles. The molecule has 2 heteroatoms. The third-order valence-corrected chi connectivity index (χ3v) is 1.21. The lowest BCUT2D eigenvalue weighted by Gasteiger charge is -1.88. The highest BCUT2D eigenvalue weighted by atomic mass is 79.9. The lowest BCUT2D eigenvalue weighted by molar-refractivity contribution is 0.922. The fourth-order valence-electron chi connectivity index (χ4n) is 0. The summed E-state index contributed by atoms with van der Waals surface area (Å²) in [5, 5.41) is 0. The minimum atomic E-state index is 0. The highest BCUT2D eigenvalue weighted by Crippen LogP contribution is 1.99. The second-order valence-electron chi connectivity index (χ2n) is 1.19. The Bertz CT molecular complexity index is 21.5. The fraction of sp³-hybridized carbons (Fsp3) is 1.00. The minimum Gasteiger partial charge on any atom is -0.0894 e. The van der Waals surface area contributed by atoms with Crippen LogP contribution in [0.25, 0.3) is 0 Å². The van der Waals surface area contributed by atoms with Gasteiger partial charge in [-0.05, 0) is 17.4 Å². The van der Waals surface area contributed by atoms with Gasteiger partial charge in [0.25, 0.3) is 0 Å². The number of alkyl halides is 1. The van der Waals surface area contributed by atoms with Gasteiger partial charge in [0.2, 0.25) is 0 Å². The molecule has 0 heterocycles. The Balaban J connectivity index is 0. The topological polar surface area (TPSA) is 0 Å². The first kappa shape index (κ1) is 9.85. The van der Waals surface area contributed by atoms with Crippen molar-refractivity contribution in [3.63, 3.8) is 0 Å². The van der Waals surface area contributed by atoms with Crippen LogP contribution in [0.3, 0.4) is 0 Å². The Kier molecular flexibility index (Phi) is 9.35. The van der Waals surface area contributed by atoms with Crippen LogP contribution >= 0.6 is 15.9 Å². The van der Waals surface area contributed by atoms with E-state index in [4.69, 9.17) is 0 Å². The molecule has 0 spiro atoms. The van der Waals surface area contributed by atoms with Crippen LogP contribution < -0.4 is 0 Å². The van der Waals surface area contributed by atoms with Crippen molar-refractivity contribution in [2.24, 2.45) is 0 Å². The third-order valence-electron chi connectivity index (χ3n) is 0.563. The van der Waals surface area contributed by atoms with Crippen LogP contribution in [0.2, 0.25) is 0 Å². The summed E-state index contributed by atoms with van der Waals surface area (Å²) in [5.74, 6) is 0. The summed E-state index contributed by atoms with van der Waals surface area (Å²) in [4.78, 5) is 0.697. The molecular formula is C4H13BrSi. The lowest BCUT2D eigenvalue weighted by Crippen LogP contribution is -1.80. The predicted molar refractivity (Wildman–Crippen MR) is 40.0 cm³/mol. The van der Waals surface area contributed by atoms with Crippen LogP contribution in [0.5, 0.6) is 0 Å². The zero-order chi connectivity index (χ0) is 4.28. The molecule has 0 N–H and O–H groups in total. The van der Waals surface area contributed by atoms with Crippen molar-refractivity contribution in [1.82, 2.24) is 0 Å². The second kappa shape index (κ2) is 5.70. The average Bonchev–Trinajstić information content (AvgIpc) is 1.38. The Labute approximate surface area is 52.5 Å². The monoisotopic (exact) mass is 168 g/mol. The van der Waals surface area contributed by atoms with Gasteiger partial charge in [-0.2, -0.15) is 0 Å². The van der Waals surface area contributed by atoms with Crippen LogP contribution in [-0.4, -0.2) is 15.8 Å². The molecule has 0 fully saturated rings. The van der Waals surface area contributed by atoms with Gasteiger partial charge in [-0.25, -0.2) is 0 Å². The Morgan fingerprint density at radius 3 is 1.83 bits per heavy atom. The quantitative estimate of drug-likeness (QED) is 0.401. The van der Waals surface area contributed by atoms with E-state index in [0.29, 0.717) is 4.83 Å². The smallest absolute Gasteiger partial charge is 0.0114 e. The molecule has 40 valence electrons. The molecule has 0 amide bonds. The molecule has 0 aromatic heterocycles. The van der Waals surface area contributed by atoms with Crippen molar-refractivity contribution >= 4 is 26.9 Å². The molecule has 1 unspecified atom stereocenters. The van der Waals surface area contributed by atoms with Gasteiger partial charge < -0.3 is 0 Å². The van der Waals surface area contributed by atoms with Crippen molar-refractivity contribution < 1.29 is 0 Å². The predicted octanol–water partition coefficient (Wildman–Crippen LogP) is 0.728. The van der Waals surface area contributed by atoms with E-state index in [2.05, 4.69) is 29.8 Å². The maximum Gasteiger partial charge on any atom is 0.0114 e. The molecule has 0 aliphatic rings. The highest BCUT2D eigenvalue weighted by molar-refractivity contribution is 9.09. The summed E-state index contributed by atoms with van der Waals surface area (Å²) in [6.07, 6.45) is 1.22. The largest absolute Gasteiger partial charge is 0.0894 e. The molecule has 0 aliphatic heterocycles. The normalized spacial score (nSPS) is 12.5. The summed E-state index contributed by atoms with van der Waals surface area (Å²) in [6.45, 7) is 4.29. The maximum atomic E-state index is 3.37. The van der Waals surface area contributed by atoms with Gasteiger partial charge in [0, 0.05) is 4.83 Å². The molecule has 0 saturated carbocycles. The third kappa shape index (κ3) is 8.83. The number of hydrogen-bond donors (Lipinski definition) is 0. The van der Waals surface area contributed by atoms with Crippen molar-refractivity contribution in [2.75, 3.05) is 0 Å². The van der Waals surface area contributed by atoms with E-state index in [1.54, 1.807) is 0 Å². The van der Waals surface area contributed by atoms with Crippen LogP contribution in [0.1, 0.15) is 20.3 Å². The molecule has 0 aliphatic carbocycles. The molecule has 0 rings (SSSR count). The molecule has 0 bridgehead atoms. The minimum absolute atomic E-state index is 0. The standard InChI is InChI=1S/C4H9Br.H4Si/c1-3-4(2)5;/h4H,3H2,1-2H3;1H4. The average molecular weight is 169 g/mol. The number of rotatable bonds is 1. The second-order valence-corrected chi connectivity index (χ2v) is 2.75. The first-order valence-electron chi connectivity index (χ1n) is 1.91. The number of halogens is 1. The van der Waals surface area contributed by atoms with Crippen LogP contribution in [0, 0.1) is 0 Å². The highest BCUT2D eigenvalue weighted by Gasteiger charge is 1.82. The Morgan fingerprint density at radius 1 is 1.67 bits per heavy atom. The zero-order valence-corrected chi connectivity index (χ0v) is 5.25. The molecule has 1 atom stereocenters. The lowest BCUT2D eigenvalue weighted by atomic mass is 10.4. The molecular weight excluding hydrogens is 156 g/mol. The molecule has 0 saturated heterocycles. The van der Waals surface area contributed by atoms with E-state index in [1.807, 2.05) is 0 Å². The van der Waals surface area contributed by atoms with E-state index in [1.165, 1.54) is 6.42 Å². The first-order valence-corrected chi connectivity index (χ1v) is 2.83. The van der Waals surface area contributed by atoms with E-state index in [9.17, 15) is 0 Å². The van der Waals surface area contributed by atoms with Gasteiger partial charge in [-0.1, -0.05) is 29.8 Å². The summed E-state index contributed by atoms with van der Waals surface area (Å²) in [7, 11) is 0. The van der Waals surface area contributed by atoms with Crippen LogP contribution in [0.15, 0.2) is 0 Å². The van der Waals surface area contributed by atoms with E-state index < -0.39 is 0 Å². The van der Waals surface area contributed by atoms with Crippen LogP contribution in [0.4, 0.5) is 0 Å².